The molecule has 0 aromatic rings. The number of hydrogen-bond acceptors (Lipinski definition) is 1. The Labute approximate surface area is 158 Å². The normalized spacial score (nSPS) is 23.6. The molecule has 2 heteroatoms. The second-order valence-corrected chi connectivity index (χ2v) is 23.7. The van der Waals surface area contributed by atoms with E-state index < -0.39 is 18.4 Å². The number of rotatable bonds is 10. The van der Waals surface area contributed by atoms with Crippen LogP contribution >= 0.6 is 0 Å². The van der Waals surface area contributed by atoms with E-state index >= 15 is 0 Å². The maximum atomic E-state index is 2.85. The molecule has 0 aromatic carbocycles. The minimum absolute atomic E-state index is 0.497. The average molecular weight is 444 g/mol. The van der Waals surface area contributed by atoms with Crippen LogP contribution in [0.3, 0.4) is 0 Å². The van der Waals surface area contributed by atoms with Gasteiger partial charge in [-0.05, 0) is 0 Å². The first-order chi connectivity index (χ1) is 11.3. The summed E-state index contributed by atoms with van der Waals surface area (Å²) in [5.74, 6) is 0.944. The van der Waals surface area contributed by atoms with Crippen molar-refractivity contribution in [1.82, 2.24) is 4.90 Å². The standard InChI is InChI=1S/C10H20N.3C4H9.Sn/c1-10(2,3)9-5-7-11(4)8-6-9;3*1-3-4-2;/h7,9H,5-6,8H2,1-4H3;3*1,3-4H2,2H3;/t9-;;;;/m0..../s1. The zero-order valence-corrected chi connectivity index (χ0v) is 20.9. The molecule has 1 fully saturated rings. The molecule has 0 saturated carbocycles. The predicted octanol–water partition coefficient (Wildman–Crippen LogP) is 7.13. The van der Waals surface area contributed by atoms with Gasteiger partial charge in [0.25, 0.3) is 0 Å². The van der Waals surface area contributed by atoms with Crippen molar-refractivity contribution in [2.45, 2.75) is 110 Å². The summed E-state index contributed by atoms with van der Waals surface area (Å²) in [5.41, 5.74) is 0.497. The Morgan fingerprint density at radius 1 is 0.875 bits per heavy atom. The molecule has 0 aliphatic carbocycles. The Morgan fingerprint density at radius 2 is 1.33 bits per heavy atom. The van der Waals surface area contributed by atoms with Crippen LogP contribution in [0.4, 0.5) is 0 Å². The van der Waals surface area contributed by atoms with Gasteiger partial charge in [-0.1, -0.05) is 0 Å². The molecule has 1 nitrogen and oxygen atoms in total. The van der Waals surface area contributed by atoms with Gasteiger partial charge >= 0.3 is 158 Å². The molecule has 0 spiro atoms. The Bertz CT molecular complexity index is 312. The van der Waals surface area contributed by atoms with Gasteiger partial charge in [-0.15, -0.1) is 0 Å². The van der Waals surface area contributed by atoms with E-state index in [1.807, 2.05) is 0 Å². The number of piperidine rings is 1. The van der Waals surface area contributed by atoms with E-state index in [0.29, 0.717) is 5.41 Å². The van der Waals surface area contributed by atoms with E-state index in [1.54, 1.807) is 13.3 Å². The molecular formula is C22H47NSn. The molecule has 144 valence electrons. The van der Waals surface area contributed by atoms with Crippen LogP contribution in [0.15, 0.2) is 0 Å². The summed E-state index contributed by atoms with van der Waals surface area (Å²) in [6.45, 7) is 16.0. The molecule has 0 N–H and O–H groups in total. The summed E-state index contributed by atoms with van der Waals surface area (Å²) in [4.78, 5) is 2.85. The minimum atomic E-state index is -2.13. The Balaban J connectivity index is 3.05. The fraction of sp³-hybridized carbons (Fsp3) is 1.00. The maximum absolute atomic E-state index is 2.85. The first-order valence-corrected chi connectivity index (χ1v) is 18.7. The second kappa shape index (κ2) is 10.8. The van der Waals surface area contributed by atoms with Crippen LogP contribution in [0, 0.1) is 11.3 Å². The van der Waals surface area contributed by atoms with Gasteiger partial charge in [0.1, 0.15) is 0 Å². The van der Waals surface area contributed by atoms with E-state index in [1.165, 1.54) is 57.9 Å². The molecule has 0 bridgehead atoms. The van der Waals surface area contributed by atoms with Crippen LogP contribution < -0.4 is 0 Å². The van der Waals surface area contributed by atoms with E-state index in [9.17, 15) is 0 Å². The number of unbranched alkanes of at least 4 members (excludes halogenated alkanes) is 3. The monoisotopic (exact) mass is 445 g/mol. The summed E-state index contributed by atoms with van der Waals surface area (Å²) in [7, 11) is 2.47. The van der Waals surface area contributed by atoms with Crippen LogP contribution in [-0.4, -0.2) is 40.9 Å². The van der Waals surface area contributed by atoms with Gasteiger partial charge in [0.05, 0.1) is 0 Å². The summed E-state index contributed by atoms with van der Waals surface area (Å²) in [6.07, 6.45) is 11.7. The van der Waals surface area contributed by atoms with Crippen molar-refractivity contribution < 1.29 is 0 Å². The van der Waals surface area contributed by atoms with Crippen LogP contribution in [-0.2, 0) is 0 Å². The zero-order chi connectivity index (χ0) is 18.2. The molecule has 0 aromatic heterocycles. The number of hydrogen-bond donors (Lipinski definition) is 0. The van der Waals surface area contributed by atoms with Crippen molar-refractivity contribution in [3.05, 3.63) is 0 Å². The van der Waals surface area contributed by atoms with Crippen LogP contribution in [0.2, 0.25) is 13.3 Å². The van der Waals surface area contributed by atoms with Gasteiger partial charge < -0.3 is 0 Å². The molecule has 2 atom stereocenters. The second-order valence-electron chi connectivity index (χ2n) is 9.76. The van der Waals surface area contributed by atoms with Crippen LogP contribution in [0.1, 0.15) is 92.9 Å². The number of likely N-dealkylation sites (tertiary alicyclic amines) is 1. The zero-order valence-electron chi connectivity index (χ0n) is 18.1. The molecule has 0 amide bonds. The van der Waals surface area contributed by atoms with Crippen molar-refractivity contribution in [3.63, 3.8) is 0 Å². The first kappa shape index (κ1) is 22.8. The summed E-state index contributed by atoms with van der Waals surface area (Å²) in [5, 5.41) is 0. The third kappa shape index (κ3) is 6.49. The van der Waals surface area contributed by atoms with E-state index in [4.69, 9.17) is 0 Å². The predicted molar refractivity (Wildman–Crippen MR) is 113 cm³/mol. The quantitative estimate of drug-likeness (QED) is 0.324. The fourth-order valence-electron chi connectivity index (χ4n) is 5.05. The van der Waals surface area contributed by atoms with Gasteiger partial charge in [0, 0.05) is 0 Å². The Kier molecular flexibility index (Phi) is 10.3. The van der Waals surface area contributed by atoms with Gasteiger partial charge in [0.2, 0.25) is 0 Å². The molecular weight excluding hydrogens is 397 g/mol. The third-order valence-electron chi connectivity index (χ3n) is 6.89. The molecule has 0 radical (unpaired) electrons. The van der Waals surface area contributed by atoms with Crippen molar-refractivity contribution in [1.29, 1.82) is 0 Å². The average Bonchev–Trinajstić information content (AvgIpc) is 2.54. The summed E-state index contributed by atoms with van der Waals surface area (Å²) < 4.78 is 6.01. The van der Waals surface area contributed by atoms with Gasteiger partial charge in [-0.2, -0.15) is 0 Å². The van der Waals surface area contributed by atoms with Crippen molar-refractivity contribution >= 4 is 18.4 Å². The number of nitrogens with zero attached hydrogens (tertiary/aromatic N) is 1. The molecule has 24 heavy (non-hydrogen) atoms. The molecule has 1 heterocycles. The SMILES string of the molecule is CCC[CH2][Sn]([CH2]CCC)([CH2]CCC)[C@@H]1C[C@H](C(C)(C)C)CCN1C. The van der Waals surface area contributed by atoms with Gasteiger partial charge in [0.15, 0.2) is 0 Å². The fourth-order valence-corrected chi connectivity index (χ4v) is 24.4. The van der Waals surface area contributed by atoms with E-state index in [-0.39, 0.29) is 0 Å². The Morgan fingerprint density at radius 3 is 1.71 bits per heavy atom. The Hall–Kier alpha value is 0.759. The molecule has 1 aliphatic rings. The summed E-state index contributed by atoms with van der Waals surface area (Å²) in [6, 6.07) is 0. The van der Waals surface area contributed by atoms with Crippen molar-refractivity contribution in [2.24, 2.45) is 11.3 Å². The van der Waals surface area contributed by atoms with Gasteiger partial charge in [-0.3, -0.25) is 0 Å². The first-order valence-electron chi connectivity index (χ1n) is 11.0. The van der Waals surface area contributed by atoms with Gasteiger partial charge in [-0.25, -0.2) is 0 Å². The summed E-state index contributed by atoms with van der Waals surface area (Å²) >= 11 is -2.13. The van der Waals surface area contributed by atoms with E-state index in [0.717, 1.165) is 9.98 Å². The molecule has 0 unspecified atom stereocenters. The van der Waals surface area contributed by atoms with Crippen molar-refractivity contribution in [3.8, 4) is 0 Å². The van der Waals surface area contributed by atoms with Crippen LogP contribution in [0.5, 0.6) is 0 Å². The van der Waals surface area contributed by atoms with Crippen molar-refractivity contribution in [2.75, 3.05) is 13.6 Å². The topological polar surface area (TPSA) is 3.24 Å². The van der Waals surface area contributed by atoms with Crippen LogP contribution in [0.25, 0.3) is 0 Å². The molecule has 1 saturated heterocycles. The molecule has 1 aliphatic heterocycles. The van der Waals surface area contributed by atoms with E-state index in [2.05, 4.69) is 53.5 Å². The third-order valence-corrected chi connectivity index (χ3v) is 24.4. The molecule has 1 rings (SSSR count).